The molecule has 12 heteroatoms. The van der Waals surface area contributed by atoms with E-state index in [-0.39, 0.29) is 41.9 Å². The molecule has 0 spiro atoms. The summed E-state index contributed by atoms with van der Waals surface area (Å²) >= 11 is 0. The molecule has 0 aromatic carbocycles. The van der Waals surface area contributed by atoms with Gasteiger partial charge in [-0.2, -0.15) is 4.98 Å². The minimum absolute atomic E-state index is 0. The SMILES string of the molecule is CCN(CC1CCC(n2ccc(NC(=O)N3CCN(C(=O)C(C)(C)N)CC3)nc2=O)CC1)C1CCC(N)CC1.Cl. The largest absolute Gasteiger partial charge is 0.349 e. The summed E-state index contributed by atoms with van der Waals surface area (Å²) in [6, 6.07) is 2.56. The van der Waals surface area contributed by atoms with Crippen LogP contribution in [0, 0.1) is 5.92 Å². The van der Waals surface area contributed by atoms with Gasteiger partial charge in [0, 0.05) is 57.0 Å². The van der Waals surface area contributed by atoms with Crippen molar-refractivity contribution in [2.45, 2.75) is 95.8 Å². The zero-order valence-corrected chi connectivity index (χ0v) is 25.2. The van der Waals surface area contributed by atoms with Crippen molar-refractivity contribution in [2.75, 3.05) is 44.6 Å². The quantitative estimate of drug-likeness (QED) is 0.449. The third kappa shape index (κ3) is 8.18. The fraction of sp³-hybridized carbons (Fsp3) is 0.786. The van der Waals surface area contributed by atoms with Gasteiger partial charge < -0.3 is 26.2 Å². The number of nitrogens with zero attached hydrogens (tertiary/aromatic N) is 5. The van der Waals surface area contributed by atoms with Gasteiger partial charge in [0.25, 0.3) is 0 Å². The Bertz CT molecular complexity index is 1040. The van der Waals surface area contributed by atoms with Gasteiger partial charge >= 0.3 is 11.7 Å². The maximum absolute atomic E-state index is 12.9. The molecule has 1 saturated heterocycles. The molecule has 1 aromatic heterocycles. The normalized spacial score (nSPS) is 25.9. The van der Waals surface area contributed by atoms with E-state index in [9.17, 15) is 14.4 Å². The molecule has 2 saturated carbocycles. The van der Waals surface area contributed by atoms with Crippen molar-refractivity contribution in [1.29, 1.82) is 0 Å². The van der Waals surface area contributed by atoms with Crippen molar-refractivity contribution in [1.82, 2.24) is 24.3 Å². The number of nitrogens with two attached hydrogens (primary N) is 2. The maximum atomic E-state index is 12.9. The molecule has 3 fully saturated rings. The fourth-order valence-electron chi connectivity index (χ4n) is 6.41. The highest BCUT2D eigenvalue weighted by molar-refractivity contribution is 5.89. The smallest absolute Gasteiger partial charge is 0.338 e. The highest BCUT2D eigenvalue weighted by atomic mass is 35.5. The van der Waals surface area contributed by atoms with Crippen LogP contribution in [-0.2, 0) is 4.79 Å². The van der Waals surface area contributed by atoms with E-state index < -0.39 is 5.54 Å². The topological polar surface area (TPSA) is 143 Å². The van der Waals surface area contributed by atoms with E-state index >= 15 is 0 Å². The second-order valence-electron chi connectivity index (χ2n) is 12.3. The van der Waals surface area contributed by atoms with E-state index in [1.807, 2.05) is 0 Å². The van der Waals surface area contributed by atoms with Crippen LogP contribution in [0.2, 0.25) is 0 Å². The van der Waals surface area contributed by atoms with Gasteiger partial charge in [-0.25, -0.2) is 9.59 Å². The number of piperazine rings is 1. The first-order valence-electron chi connectivity index (χ1n) is 14.8. The van der Waals surface area contributed by atoms with E-state index in [0.29, 0.717) is 44.2 Å². The lowest BCUT2D eigenvalue weighted by Gasteiger charge is -2.39. The number of anilines is 1. The molecule has 226 valence electrons. The lowest BCUT2D eigenvalue weighted by Crippen LogP contribution is -2.58. The van der Waals surface area contributed by atoms with Crippen molar-refractivity contribution in [3.8, 4) is 0 Å². The summed E-state index contributed by atoms with van der Waals surface area (Å²) in [4.78, 5) is 48.1. The summed E-state index contributed by atoms with van der Waals surface area (Å²) in [7, 11) is 0. The zero-order chi connectivity index (χ0) is 28.2. The highest BCUT2D eigenvalue weighted by Gasteiger charge is 2.32. The fourth-order valence-corrected chi connectivity index (χ4v) is 6.41. The molecule has 40 heavy (non-hydrogen) atoms. The Morgan fingerprint density at radius 2 is 1.62 bits per heavy atom. The van der Waals surface area contributed by atoms with Gasteiger partial charge in [0.1, 0.15) is 5.82 Å². The lowest BCUT2D eigenvalue weighted by molar-refractivity contribution is -0.137. The van der Waals surface area contributed by atoms with Gasteiger partial charge in [0.05, 0.1) is 5.54 Å². The minimum atomic E-state index is -0.933. The van der Waals surface area contributed by atoms with Crippen molar-refractivity contribution in [3.05, 3.63) is 22.7 Å². The average molecular weight is 581 g/mol. The average Bonchev–Trinajstić information content (AvgIpc) is 2.92. The van der Waals surface area contributed by atoms with Gasteiger partial charge in [-0.1, -0.05) is 6.92 Å². The summed E-state index contributed by atoms with van der Waals surface area (Å²) < 4.78 is 1.73. The monoisotopic (exact) mass is 580 g/mol. The number of aromatic nitrogens is 2. The van der Waals surface area contributed by atoms with Gasteiger partial charge in [-0.05, 0) is 83.7 Å². The highest BCUT2D eigenvalue weighted by Crippen LogP contribution is 2.33. The Hall–Kier alpha value is -2.21. The number of hydrogen-bond acceptors (Lipinski definition) is 7. The Morgan fingerprint density at radius 3 is 2.17 bits per heavy atom. The second-order valence-corrected chi connectivity index (χ2v) is 12.3. The predicted molar refractivity (Wildman–Crippen MR) is 160 cm³/mol. The second kappa shape index (κ2) is 14.1. The summed E-state index contributed by atoms with van der Waals surface area (Å²) in [6.45, 7) is 9.49. The van der Waals surface area contributed by atoms with Crippen molar-refractivity contribution in [3.63, 3.8) is 0 Å². The van der Waals surface area contributed by atoms with Crippen LogP contribution < -0.4 is 22.5 Å². The van der Waals surface area contributed by atoms with Crippen LogP contribution >= 0.6 is 12.4 Å². The van der Waals surface area contributed by atoms with E-state index in [1.54, 1.807) is 40.5 Å². The molecule has 0 bridgehead atoms. The number of urea groups is 1. The molecule has 2 heterocycles. The Balaban J connectivity index is 0.00000441. The first-order chi connectivity index (χ1) is 18.5. The Labute approximate surface area is 244 Å². The third-order valence-corrected chi connectivity index (χ3v) is 8.84. The molecule has 11 nitrogen and oxygen atoms in total. The van der Waals surface area contributed by atoms with Gasteiger partial charge in [-0.15, -0.1) is 12.4 Å². The van der Waals surface area contributed by atoms with Crippen LogP contribution in [0.4, 0.5) is 10.6 Å². The molecule has 5 N–H and O–H groups in total. The number of carbonyl (C=O) groups excluding carboxylic acids is 2. The first kappa shape index (κ1) is 32.3. The number of hydrogen-bond donors (Lipinski definition) is 3. The zero-order valence-electron chi connectivity index (χ0n) is 24.4. The molecule has 1 aliphatic heterocycles. The summed E-state index contributed by atoms with van der Waals surface area (Å²) in [5.41, 5.74) is 10.8. The van der Waals surface area contributed by atoms with Gasteiger partial charge in [0.15, 0.2) is 0 Å². The van der Waals surface area contributed by atoms with Crippen LogP contribution in [0.25, 0.3) is 0 Å². The molecule has 2 aliphatic carbocycles. The molecule has 0 unspecified atom stereocenters. The number of nitrogens with one attached hydrogen (secondary N) is 1. The standard InChI is InChI=1S/C28H48N8O3.ClH/c1-4-33(22-11-7-21(29)8-12-22)19-20-5-9-23(10-6-20)36-14-13-24(32-27(36)39)31-26(38)35-17-15-34(16-18-35)25(37)28(2,3)30;/h13-14,20-23H,4-12,15-19,29-30H2,1-3H3,(H,31,32,38,39);1H. The number of halogens is 1. The van der Waals surface area contributed by atoms with Crippen LogP contribution in [0.15, 0.2) is 17.1 Å². The van der Waals surface area contributed by atoms with Crippen molar-refractivity contribution in [2.24, 2.45) is 17.4 Å². The van der Waals surface area contributed by atoms with Crippen molar-refractivity contribution >= 4 is 30.2 Å². The minimum Gasteiger partial charge on any atom is -0.338 e. The molecule has 0 radical (unpaired) electrons. The third-order valence-electron chi connectivity index (χ3n) is 8.84. The summed E-state index contributed by atoms with van der Waals surface area (Å²) in [5.74, 6) is 0.784. The summed E-state index contributed by atoms with van der Waals surface area (Å²) in [5, 5.41) is 2.75. The van der Waals surface area contributed by atoms with Crippen LogP contribution in [0.3, 0.4) is 0 Å². The van der Waals surface area contributed by atoms with E-state index in [4.69, 9.17) is 11.5 Å². The van der Waals surface area contributed by atoms with E-state index in [1.165, 1.54) is 12.8 Å². The molecule has 3 aliphatic rings. The van der Waals surface area contributed by atoms with Crippen LogP contribution in [0.1, 0.15) is 78.2 Å². The van der Waals surface area contributed by atoms with Crippen LogP contribution in [-0.4, -0.2) is 93.1 Å². The first-order valence-corrected chi connectivity index (χ1v) is 14.8. The lowest BCUT2D eigenvalue weighted by atomic mass is 9.84. The summed E-state index contributed by atoms with van der Waals surface area (Å²) in [6.07, 6.45) is 10.6. The van der Waals surface area contributed by atoms with Crippen LogP contribution in [0.5, 0.6) is 0 Å². The number of carbonyl (C=O) groups is 2. The molecule has 3 amide bonds. The van der Waals surface area contributed by atoms with Gasteiger partial charge in [-0.3, -0.25) is 14.7 Å². The molecule has 0 atom stereocenters. The van der Waals surface area contributed by atoms with E-state index in [2.05, 4.69) is 22.1 Å². The maximum Gasteiger partial charge on any atom is 0.349 e. The number of rotatable bonds is 7. The molecular formula is C28H49ClN8O3. The Morgan fingerprint density at radius 1 is 1.02 bits per heavy atom. The molecular weight excluding hydrogens is 532 g/mol. The van der Waals surface area contributed by atoms with Gasteiger partial charge in [0.2, 0.25) is 5.91 Å². The Kier molecular flexibility index (Phi) is 11.4. The molecule has 4 rings (SSSR count). The molecule has 1 aromatic rings. The number of amides is 3. The van der Waals surface area contributed by atoms with Crippen molar-refractivity contribution < 1.29 is 9.59 Å². The van der Waals surface area contributed by atoms with E-state index in [0.717, 1.165) is 51.6 Å². The predicted octanol–water partition coefficient (Wildman–Crippen LogP) is 2.40.